The highest BCUT2D eigenvalue weighted by Crippen LogP contribution is 2.19. The molecule has 0 unspecified atom stereocenters. The minimum atomic E-state index is 0.401. The number of hydrogen-bond acceptors (Lipinski definition) is 6. The lowest BCUT2D eigenvalue weighted by Gasteiger charge is -2.10. The molecule has 0 fully saturated rings. The minimum absolute atomic E-state index is 0.401. The monoisotopic (exact) mass is 290 g/mol. The van der Waals surface area contributed by atoms with Crippen LogP contribution in [0.4, 0.5) is 5.82 Å². The molecule has 0 saturated carbocycles. The Morgan fingerprint density at radius 1 is 1.24 bits per heavy atom. The molecule has 0 radical (unpaired) electrons. The van der Waals surface area contributed by atoms with E-state index in [2.05, 4.69) is 32.5 Å². The number of aryl methyl sites for hydroxylation is 1. The van der Waals surface area contributed by atoms with Crippen molar-refractivity contribution in [3.8, 4) is 11.4 Å². The molecule has 0 aliphatic carbocycles. The molecule has 0 aliphatic rings. The molecule has 0 aliphatic heterocycles. The van der Waals surface area contributed by atoms with Crippen molar-refractivity contribution < 1.29 is 4.74 Å². The van der Waals surface area contributed by atoms with E-state index >= 15 is 0 Å². The molecule has 0 atom stereocenters. The quantitative estimate of drug-likeness (QED) is 0.802. The number of ether oxygens (including phenoxy) is 1. The second-order valence-electron chi connectivity index (χ2n) is 4.56. The zero-order valence-corrected chi connectivity index (χ0v) is 12.8. The highest BCUT2D eigenvalue weighted by atomic mass is 16.5. The van der Waals surface area contributed by atoms with E-state index < -0.39 is 0 Å². The van der Waals surface area contributed by atoms with Crippen molar-refractivity contribution in [3.05, 3.63) is 18.1 Å². The van der Waals surface area contributed by atoms with Crippen molar-refractivity contribution in [2.45, 2.75) is 40.3 Å². The van der Waals surface area contributed by atoms with E-state index in [-0.39, 0.29) is 0 Å². The standard InChI is InChI=1S/C14H22N6O/c1-4-7-20-12(9-16-19-20)11-8-13(15-5-2)18-14(17-11)10-21-6-3/h8-9H,4-7,10H2,1-3H3,(H,15,17,18). The summed E-state index contributed by atoms with van der Waals surface area (Å²) in [6, 6.07) is 1.92. The fraction of sp³-hybridized carbons (Fsp3) is 0.571. The lowest BCUT2D eigenvalue weighted by Crippen LogP contribution is -2.08. The van der Waals surface area contributed by atoms with Crippen LogP contribution in [-0.2, 0) is 17.9 Å². The molecule has 21 heavy (non-hydrogen) atoms. The van der Waals surface area contributed by atoms with Gasteiger partial charge in [-0.15, -0.1) is 5.10 Å². The summed E-state index contributed by atoms with van der Waals surface area (Å²) in [4.78, 5) is 9.01. The van der Waals surface area contributed by atoms with Crippen molar-refractivity contribution in [2.24, 2.45) is 0 Å². The van der Waals surface area contributed by atoms with E-state index in [1.54, 1.807) is 6.20 Å². The predicted molar refractivity (Wildman–Crippen MR) is 80.8 cm³/mol. The van der Waals surface area contributed by atoms with Crippen molar-refractivity contribution >= 4 is 5.82 Å². The molecule has 2 aromatic rings. The number of nitrogens with zero attached hydrogens (tertiary/aromatic N) is 5. The van der Waals surface area contributed by atoms with Crippen molar-refractivity contribution in [3.63, 3.8) is 0 Å². The van der Waals surface area contributed by atoms with Crippen LogP contribution in [0.5, 0.6) is 0 Å². The third kappa shape index (κ3) is 3.98. The number of nitrogens with one attached hydrogen (secondary N) is 1. The molecule has 0 spiro atoms. The van der Waals surface area contributed by atoms with Gasteiger partial charge in [-0.05, 0) is 20.3 Å². The largest absolute Gasteiger partial charge is 0.374 e. The maximum Gasteiger partial charge on any atom is 0.157 e. The molecule has 114 valence electrons. The lowest BCUT2D eigenvalue weighted by atomic mass is 10.3. The van der Waals surface area contributed by atoms with Gasteiger partial charge in [0.15, 0.2) is 5.82 Å². The summed E-state index contributed by atoms with van der Waals surface area (Å²) in [5, 5.41) is 11.3. The summed E-state index contributed by atoms with van der Waals surface area (Å²) in [5.74, 6) is 1.45. The van der Waals surface area contributed by atoms with E-state index in [1.165, 1.54) is 0 Å². The summed E-state index contributed by atoms with van der Waals surface area (Å²) in [6.07, 6.45) is 2.73. The Hall–Kier alpha value is -2.02. The van der Waals surface area contributed by atoms with E-state index in [9.17, 15) is 0 Å². The van der Waals surface area contributed by atoms with Crippen molar-refractivity contribution in [1.29, 1.82) is 0 Å². The first-order valence-corrected chi connectivity index (χ1v) is 7.36. The van der Waals surface area contributed by atoms with Crippen LogP contribution in [0.2, 0.25) is 0 Å². The molecule has 0 aromatic carbocycles. The number of anilines is 1. The maximum atomic E-state index is 5.41. The van der Waals surface area contributed by atoms with Crippen LogP contribution < -0.4 is 5.32 Å². The Bertz CT molecular complexity index is 568. The second-order valence-corrected chi connectivity index (χ2v) is 4.56. The van der Waals surface area contributed by atoms with Crippen molar-refractivity contribution in [1.82, 2.24) is 25.0 Å². The van der Waals surface area contributed by atoms with Gasteiger partial charge >= 0.3 is 0 Å². The molecule has 7 heteroatoms. The summed E-state index contributed by atoms with van der Waals surface area (Å²) in [6.45, 7) is 8.75. The average Bonchev–Trinajstić information content (AvgIpc) is 2.94. The van der Waals surface area contributed by atoms with Gasteiger partial charge in [0.25, 0.3) is 0 Å². The maximum absolute atomic E-state index is 5.41. The van der Waals surface area contributed by atoms with Gasteiger partial charge in [0, 0.05) is 25.8 Å². The topological polar surface area (TPSA) is 77.8 Å². The Morgan fingerprint density at radius 2 is 2.10 bits per heavy atom. The average molecular weight is 290 g/mol. The molecule has 1 N–H and O–H groups in total. The van der Waals surface area contributed by atoms with Gasteiger partial charge < -0.3 is 10.1 Å². The first-order chi connectivity index (χ1) is 10.3. The fourth-order valence-electron chi connectivity index (χ4n) is 1.99. The van der Waals surface area contributed by atoms with Crippen LogP contribution in [0.3, 0.4) is 0 Å². The van der Waals surface area contributed by atoms with Crippen LogP contribution in [0.15, 0.2) is 12.3 Å². The van der Waals surface area contributed by atoms with Crippen LogP contribution in [0.25, 0.3) is 11.4 Å². The lowest BCUT2D eigenvalue weighted by molar-refractivity contribution is 0.128. The molecule has 7 nitrogen and oxygen atoms in total. The first-order valence-electron chi connectivity index (χ1n) is 7.36. The normalized spacial score (nSPS) is 10.8. The Labute approximate surface area is 124 Å². The number of aromatic nitrogens is 5. The van der Waals surface area contributed by atoms with E-state index in [1.807, 2.05) is 24.6 Å². The highest BCUT2D eigenvalue weighted by Gasteiger charge is 2.11. The zero-order chi connectivity index (χ0) is 15.1. The van der Waals surface area contributed by atoms with Gasteiger partial charge in [0.05, 0.1) is 11.9 Å². The van der Waals surface area contributed by atoms with E-state index in [4.69, 9.17) is 4.74 Å². The third-order valence-corrected chi connectivity index (χ3v) is 2.88. The number of hydrogen-bond donors (Lipinski definition) is 1. The summed E-state index contributed by atoms with van der Waals surface area (Å²) < 4.78 is 7.28. The van der Waals surface area contributed by atoms with Crippen molar-refractivity contribution in [2.75, 3.05) is 18.5 Å². The molecule has 0 amide bonds. The molecule has 2 rings (SSSR count). The Morgan fingerprint density at radius 3 is 2.81 bits per heavy atom. The van der Waals surface area contributed by atoms with Gasteiger partial charge in [0.1, 0.15) is 18.1 Å². The molecular weight excluding hydrogens is 268 g/mol. The number of rotatable bonds is 8. The summed E-state index contributed by atoms with van der Waals surface area (Å²) in [5.41, 5.74) is 1.71. The summed E-state index contributed by atoms with van der Waals surface area (Å²) >= 11 is 0. The predicted octanol–water partition coefficient (Wildman–Crippen LogP) is 2.11. The van der Waals surface area contributed by atoms with Gasteiger partial charge in [-0.25, -0.2) is 14.6 Å². The first kappa shape index (κ1) is 15.4. The third-order valence-electron chi connectivity index (χ3n) is 2.88. The zero-order valence-electron chi connectivity index (χ0n) is 12.8. The molecule has 0 bridgehead atoms. The molecule has 2 heterocycles. The molecule has 0 saturated heterocycles. The van der Waals surface area contributed by atoms with Crippen LogP contribution in [0, 0.1) is 0 Å². The second kappa shape index (κ2) is 7.68. The van der Waals surface area contributed by atoms with Crippen LogP contribution in [0.1, 0.15) is 33.0 Å². The van der Waals surface area contributed by atoms with Gasteiger partial charge in [0.2, 0.25) is 0 Å². The Kier molecular flexibility index (Phi) is 5.62. The molecular formula is C14H22N6O. The van der Waals surface area contributed by atoms with E-state index in [0.29, 0.717) is 19.0 Å². The van der Waals surface area contributed by atoms with E-state index in [0.717, 1.165) is 36.7 Å². The SMILES string of the molecule is CCCn1nncc1-c1cc(NCC)nc(COCC)n1. The molecule has 2 aromatic heterocycles. The fourth-order valence-corrected chi connectivity index (χ4v) is 1.99. The Balaban J connectivity index is 2.36. The summed E-state index contributed by atoms with van der Waals surface area (Å²) in [7, 11) is 0. The van der Waals surface area contributed by atoms with Gasteiger partial charge in [-0.2, -0.15) is 0 Å². The van der Waals surface area contributed by atoms with Crippen LogP contribution in [-0.4, -0.2) is 38.1 Å². The van der Waals surface area contributed by atoms with Crippen LogP contribution >= 0.6 is 0 Å². The van der Waals surface area contributed by atoms with Gasteiger partial charge in [-0.3, -0.25) is 0 Å². The highest BCUT2D eigenvalue weighted by molar-refractivity contribution is 5.58. The minimum Gasteiger partial charge on any atom is -0.374 e. The van der Waals surface area contributed by atoms with Gasteiger partial charge in [-0.1, -0.05) is 12.1 Å². The smallest absolute Gasteiger partial charge is 0.157 e.